The summed E-state index contributed by atoms with van der Waals surface area (Å²) in [6.07, 6.45) is 3.31. The van der Waals surface area contributed by atoms with Crippen molar-refractivity contribution in [3.05, 3.63) is 23.8 Å². The van der Waals surface area contributed by atoms with Crippen molar-refractivity contribution in [2.45, 2.75) is 25.3 Å². The molecule has 8 heteroatoms. The van der Waals surface area contributed by atoms with Crippen LogP contribution in [0.4, 0.5) is 0 Å². The molecule has 1 aromatic carbocycles. The van der Waals surface area contributed by atoms with E-state index in [0.717, 1.165) is 82.7 Å². The van der Waals surface area contributed by atoms with Gasteiger partial charge in [-0.25, -0.2) is 0 Å². The first-order chi connectivity index (χ1) is 14.7. The summed E-state index contributed by atoms with van der Waals surface area (Å²) in [4.78, 5) is 6.82. The van der Waals surface area contributed by atoms with Gasteiger partial charge in [-0.15, -0.1) is 0 Å². The van der Waals surface area contributed by atoms with E-state index in [4.69, 9.17) is 18.9 Å². The van der Waals surface area contributed by atoms with Gasteiger partial charge in [0.2, 0.25) is 0 Å². The minimum Gasteiger partial charge on any atom is -0.493 e. The number of hydrogen-bond donors (Lipinski definition) is 2. The Morgan fingerprint density at radius 2 is 1.83 bits per heavy atom. The Kier molecular flexibility index (Phi) is 11.4. The minimum atomic E-state index is 0.175. The summed E-state index contributed by atoms with van der Waals surface area (Å²) >= 11 is 0. The van der Waals surface area contributed by atoms with Crippen molar-refractivity contribution >= 4 is 5.96 Å². The average Bonchev–Trinajstić information content (AvgIpc) is 2.80. The van der Waals surface area contributed by atoms with Gasteiger partial charge in [-0.3, -0.25) is 9.89 Å². The summed E-state index contributed by atoms with van der Waals surface area (Å²) < 4.78 is 21.6. The van der Waals surface area contributed by atoms with E-state index in [1.54, 1.807) is 28.4 Å². The van der Waals surface area contributed by atoms with Crippen LogP contribution >= 0.6 is 0 Å². The Balaban J connectivity index is 1.99. The molecule has 0 amide bonds. The van der Waals surface area contributed by atoms with Crippen LogP contribution in [0.15, 0.2) is 23.2 Å². The molecule has 0 saturated carbocycles. The van der Waals surface area contributed by atoms with E-state index in [0.29, 0.717) is 0 Å². The molecule has 0 bridgehead atoms. The van der Waals surface area contributed by atoms with Crippen LogP contribution in [0.3, 0.4) is 0 Å². The second-order valence-corrected chi connectivity index (χ2v) is 7.21. The summed E-state index contributed by atoms with van der Waals surface area (Å²) in [5.74, 6) is 2.30. The van der Waals surface area contributed by atoms with Crippen molar-refractivity contribution in [2.75, 3.05) is 74.4 Å². The third-order valence-corrected chi connectivity index (χ3v) is 5.28. The van der Waals surface area contributed by atoms with Gasteiger partial charge in [-0.2, -0.15) is 0 Å². The molecule has 1 unspecified atom stereocenters. The molecule has 1 heterocycles. The largest absolute Gasteiger partial charge is 0.493 e. The lowest BCUT2D eigenvalue weighted by Gasteiger charge is -2.35. The molecule has 1 atom stereocenters. The molecule has 30 heavy (non-hydrogen) atoms. The fourth-order valence-electron chi connectivity index (χ4n) is 3.58. The van der Waals surface area contributed by atoms with Crippen LogP contribution in [0, 0.1) is 0 Å². The Bertz CT molecular complexity index is 636. The van der Waals surface area contributed by atoms with Gasteiger partial charge in [0.05, 0.1) is 33.5 Å². The second-order valence-electron chi connectivity index (χ2n) is 7.21. The fraction of sp³-hybridized carbons (Fsp3) is 0.682. The third kappa shape index (κ3) is 7.66. The number of methoxy groups -OCH3 is 3. The van der Waals surface area contributed by atoms with E-state index >= 15 is 0 Å². The average molecular weight is 423 g/mol. The molecule has 1 saturated heterocycles. The first kappa shape index (κ1) is 24.2. The van der Waals surface area contributed by atoms with Gasteiger partial charge in [-0.05, 0) is 37.0 Å². The monoisotopic (exact) mass is 422 g/mol. The lowest BCUT2D eigenvalue weighted by Crippen LogP contribution is -2.46. The number of aliphatic imine (C=N–C) groups is 1. The van der Waals surface area contributed by atoms with Crippen LogP contribution < -0.4 is 20.1 Å². The van der Waals surface area contributed by atoms with E-state index in [1.807, 2.05) is 6.07 Å². The van der Waals surface area contributed by atoms with E-state index in [-0.39, 0.29) is 6.04 Å². The fourth-order valence-corrected chi connectivity index (χ4v) is 3.58. The van der Waals surface area contributed by atoms with Crippen LogP contribution in [-0.4, -0.2) is 85.2 Å². The standard InChI is InChI=1S/C22H38N4O4/c1-23-22(24-10-6-5-7-13-27-2)25-17-19(26-11-14-30-15-12-26)18-8-9-20(28-3)21(16-18)29-4/h8-9,16,19H,5-7,10-15,17H2,1-4H3,(H2,23,24,25). The smallest absolute Gasteiger partial charge is 0.191 e. The minimum absolute atomic E-state index is 0.175. The molecule has 1 aliphatic rings. The van der Waals surface area contributed by atoms with E-state index in [1.165, 1.54) is 5.56 Å². The molecule has 0 aliphatic carbocycles. The molecule has 2 rings (SSSR count). The van der Waals surface area contributed by atoms with Crippen molar-refractivity contribution in [3.8, 4) is 11.5 Å². The van der Waals surface area contributed by atoms with Gasteiger partial charge in [0, 0.05) is 46.9 Å². The predicted molar refractivity (Wildman–Crippen MR) is 120 cm³/mol. The third-order valence-electron chi connectivity index (χ3n) is 5.28. The number of nitrogens with zero attached hydrogens (tertiary/aromatic N) is 2. The van der Waals surface area contributed by atoms with Crippen molar-refractivity contribution < 1.29 is 18.9 Å². The van der Waals surface area contributed by atoms with Gasteiger partial charge in [-0.1, -0.05) is 6.07 Å². The first-order valence-corrected chi connectivity index (χ1v) is 10.7. The number of nitrogens with one attached hydrogen (secondary N) is 2. The Hall–Kier alpha value is -2.03. The number of hydrogen-bond acceptors (Lipinski definition) is 6. The summed E-state index contributed by atoms with van der Waals surface area (Å²) in [6, 6.07) is 6.31. The van der Waals surface area contributed by atoms with Gasteiger partial charge >= 0.3 is 0 Å². The Morgan fingerprint density at radius 3 is 2.50 bits per heavy atom. The zero-order valence-electron chi connectivity index (χ0n) is 18.9. The SMILES string of the molecule is CN=C(NCCCCCOC)NCC(c1ccc(OC)c(OC)c1)N1CCOCC1. The van der Waals surface area contributed by atoms with Crippen molar-refractivity contribution in [2.24, 2.45) is 4.99 Å². The molecular weight excluding hydrogens is 384 g/mol. The molecule has 1 aliphatic heterocycles. The zero-order valence-corrected chi connectivity index (χ0v) is 18.9. The van der Waals surface area contributed by atoms with Crippen molar-refractivity contribution in [3.63, 3.8) is 0 Å². The molecule has 1 fully saturated rings. The maximum Gasteiger partial charge on any atom is 0.191 e. The number of rotatable bonds is 12. The second kappa shape index (κ2) is 14.1. The first-order valence-electron chi connectivity index (χ1n) is 10.7. The van der Waals surface area contributed by atoms with E-state index < -0.39 is 0 Å². The highest BCUT2D eigenvalue weighted by Gasteiger charge is 2.24. The molecule has 2 N–H and O–H groups in total. The zero-order chi connectivity index (χ0) is 21.6. The predicted octanol–water partition coefficient (Wildman–Crippen LogP) is 2.06. The maximum absolute atomic E-state index is 5.56. The maximum atomic E-state index is 5.56. The summed E-state index contributed by atoms with van der Waals surface area (Å²) in [5.41, 5.74) is 1.18. The number of guanidine groups is 1. The number of morpholine rings is 1. The van der Waals surface area contributed by atoms with Crippen LogP contribution in [0.1, 0.15) is 30.9 Å². The van der Waals surface area contributed by atoms with Crippen LogP contribution in [0.5, 0.6) is 11.5 Å². The van der Waals surface area contributed by atoms with E-state index in [9.17, 15) is 0 Å². The summed E-state index contributed by atoms with van der Waals surface area (Å²) in [7, 11) is 6.87. The molecule has 0 spiro atoms. The highest BCUT2D eigenvalue weighted by Crippen LogP contribution is 2.32. The molecule has 0 radical (unpaired) electrons. The lowest BCUT2D eigenvalue weighted by molar-refractivity contribution is 0.0169. The Morgan fingerprint density at radius 1 is 1.07 bits per heavy atom. The van der Waals surface area contributed by atoms with Crippen LogP contribution in [0.25, 0.3) is 0 Å². The summed E-state index contributed by atoms with van der Waals surface area (Å²) in [6.45, 7) is 5.73. The molecule has 1 aromatic rings. The topological polar surface area (TPSA) is 76.6 Å². The quantitative estimate of drug-likeness (QED) is 0.303. The molecule has 170 valence electrons. The van der Waals surface area contributed by atoms with Crippen LogP contribution in [0.2, 0.25) is 0 Å². The molecule has 0 aromatic heterocycles. The molecule has 8 nitrogen and oxygen atoms in total. The highest BCUT2D eigenvalue weighted by molar-refractivity contribution is 5.79. The summed E-state index contributed by atoms with van der Waals surface area (Å²) in [5, 5.41) is 6.90. The van der Waals surface area contributed by atoms with Crippen molar-refractivity contribution in [1.29, 1.82) is 0 Å². The number of ether oxygens (including phenoxy) is 4. The Labute approximate surface area is 180 Å². The lowest BCUT2D eigenvalue weighted by atomic mass is 10.0. The molecular formula is C22H38N4O4. The van der Waals surface area contributed by atoms with Gasteiger partial charge in [0.25, 0.3) is 0 Å². The number of benzene rings is 1. The van der Waals surface area contributed by atoms with Crippen LogP contribution in [-0.2, 0) is 9.47 Å². The normalized spacial score (nSPS) is 16.2. The van der Waals surface area contributed by atoms with Gasteiger partial charge in [0.15, 0.2) is 17.5 Å². The van der Waals surface area contributed by atoms with Gasteiger partial charge in [0.1, 0.15) is 0 Å². The number of unbranched alkanes of at least 4 members (excludes halogenated alkanes) is 2. The van der Waals surface area contributed by atoms with Crippen molar-refractivity contribution in [1.82, 2.24) is 15.5 Å². The van der Waals surface area contributed by atoms with E-state index in [2.05, 4.69) is 32.7 Å². The highest BCUT2D eigenvalue weighted by atomic mass is 16.5. The van der Waals surface area contributed by atoms with Gasteiger partial charge < -0.3 is 29.6 Å².